The SMILES string of the molecule is CCOC(=O)C(C(C)=O)=C1SC(C(=O)O)S1. The lowest BCUT2D eigenvalue weighted by Crippen LogP contribution is -2.23. The van der Waals surface area contributed by atoms with Crippen LogP contribution in [0.1, 0.15) is 13.8 Å². The van der Waals surface area contributed by atoms with Gasteiger partial charge in [-0.3, -0.25) is 9.59 Å². The molecule has 88 valence electrons. The molecule has 0 aliphatic carbocycles. The zero-order valence-electron chi connectivity index (χ0n) is 8.68. The molecule has 0 atom stereocenters. The molecule has 0 bridgehead atoms. The van der Waals surface area contributed by atoms with Gasteiger partial charge in [-0.2, -0.15) is 0 Å². The van der Waals surface area contributed by atoms with Crippen LogP contribution in [-0.4, -0.2) is 34.0 Å². The fourth-order valence-corrected chi connectivity index (χ4v) is 3.16. The summed E-state index contributed by atoms with van der Waals surface area (Å²) in [7, 11) is 0. The number of thioether (sulfide) groups is 2. The third-order valence-corrected chi connectivity index (χ3v) is 4.49. The maximum atomic E-state index is 11.4. The summed E-state index contributed by atoms with van der Waals surface area (Å²) in [5, 5.41) is 8.65. The molecule has 7 heteroatoms. The molecule has 1 saturated heterocycles. The van der Waals surface area contributed by atoms with Crippen LogP contribution in [0.5, 0.6) is 0 Å². The number of ether oxygens (including phenoxy) is 1. The second-order valence-corrected chi connectivity index (χ2v) is 5.63. The molecule has 1 heterocycles. The molecule has 1 aliphatic rings. The Balaban J connectivity index is 2.81. The number of aliphatic carboxylic acids is 1. The van der Waals surface area contributed by atoms with Crippen molar-refractivity contribution in [1.29, 1.82) is 0 Å². The van der Waals surface area contributed by atoms with Crippen molar-refractivity contribution < 1.29 is 24.2 Å². The molecule has 0 radical (unpaired) electrons. The van der Waals surface area contributed by atoms with E-state index in [1.165, 1.54) is 6.92 Å². The van der Waals surface area contributed by atoms with E-state index in [1.807, 2.05) is 0 Å². The lowest BCUT2D eigenvalue weighted by Gasteiger charge is -2.25. The number of rotatable bonds is 4. The summed E-state index contributed by atoms with van der Waals surface area (Å²) in [6.07, 6.45) is 0. The van der Waals surface area contributed by atoms with Gasteiger partial charge in [-0.25, -0.2) is 4.79 Å². The Morgan fingerprint density at radius 3 is 2.31 bits per heavy atom. The lowest BCUT2D eigenvalue weighted by molar-refractivity contribution is -0.140. The third-order valence-electron chi connectivity index (χ3n) is 1.67. The molecule has 1 N–H and O–H groups in total. The fourth-order valence-electron chi connectivity index (χ4n) is 0.996. The van der Waals surface area contributed by atoms with E-state index in [1.54, 1.807) is 6.92 Å². The predicted molar refractivity (Wildman–Crippen MR) is 60.9 cm³/mol. The van der Waals surface area contributed by atoms with Crippen molar-refractivity contribution in [2.24, 2.45) is 0 Å². The van der Waals surface area contributed by atoms with Crippen LogP contribution in [0.25, 0.3) is 0 Å². The molecule has 0 spiro atoms. The number of hydrogen-bond donors (Lipinski definition) is 1. The molecule has 5 nitrogen and oxygen atoms in total. The molecule has 0 unspecified atom stereocenters. The Bertz CT molecular complexity index is 366. The Kier molecular flexibility index (Phi) is 4.43. The average Bonchev–Trinajstić information content (AvgIpc) is 2.08. The second kappa shape index (κ2) is 5.40. The van der Waals surface area contributed by atoms with Crippen molar-refractivity contribution in [2.75, 3.05) is 6.61 Å². The van der Waals surface area contributed by atoms with E-state index in [0.717, 1.165) is 23.5 Å². The summed E-state index contributed by atoms with van der Waals surface area (Å²) in [4.78, 5) is 33.2. The van der Waals surface area contributed by atoms with Crippen LogP contribution in [0.3, 0.4) is 0 Å². The van der Waals surface area contributed by atoms with Gasteiger partial charge in [0.25, 0.3) is 0 Å². The first kappa shape index (κ1) is 13.1. The Morgan fingerprint density at radius 1 is 1.38 bits per heavy atom. The first-order valence-electron chi connectivity index (χ1n) is 4.45. The molecule has 0 aromatic carbocycles. The van der Waals surface area contributed by atoms with Gasteiger partial charge in [-0.1, -0.05) is 23.5 Å². The van der Waals surface area contributed by atoms with Gasteiger partial charge in [0.15, 0.2) is 10.4 Å². The summed E-state index contributed by atoms with van der Waals surface area (Å²) < 4.78 is 4.52. The molecule has 0 aromatic rings. The molecule has 0 amide bonds. The maximum Gasteiger partial charge on any atom is 0.343 e. The average molecular weight is 262 g/mol. The van der Waals surface area contributed by atoms with Gasteiger partial charge in [0.05, 0.1) is 10.8 Å². The van der Waals surface area contributed by atoms with E-state index in [4.69, 9.17) is 9.84 Å². The monoisotopic (exact) mass is 262 g/mol. The van der Waals surface area contributed by atoms with Crippen LogP contribution < -0.4 is 0 Å². The molecule has 16 heavy (non-hydrogen) atoms. The highest BCUT2D eigenvalue weighted by molar-refractivity contribution is 8.39. The first-order valence-corrected chi connectivity index (χ1v) is 6.21. The fraction of sp³-hybridized carbons (Fsp3) is 0.444. The summed E-state index contributed by atoms with van der Waals surface area (Å²) in [5.74, 6) is -2.06. The number of carboxylic acids is 1. The number of carboxylic acid groups (broad SMARTS) is 1. The van der Waals surface area contributed by atoms with Gasteiger partial charge in [-0.05, 0) is 13.8 Å². The quantitative estimate of drug-likeness (QED) is 0.353. The minimum Gasteiger partial charge on any atom is -0.480 e. The van der Waals surface area contributed by atoms with Gasteiger partial charge in [0, 0.05) is 0 Å². The molecular formula is C9H10O5S2. The zero-order chi connectivity index (χ0) is 12.3. The van der Waals surface area contributed by atoms with Gasteiger partial charge in [0.1, 0.15) is 5.57 Å². The zero-order valence-corrected chi connectivity index (χ0v) is 10.3. The Labute approximate surface area is 101 Å². The minimum absolute atomic E-state index is 0.0469. The predicted octanol–water partition coefficient (Wildman–Crippen LogP) is 1.24. The molecule has 1 aliphatic heterocycles. The number of hydrogen-bond acceptors (Lipinski definition) is 6. The van der Waals surface area contributed by atoms with Crippen molar-refractivity contribution in [3.63, 3.8) is 0 Å². The molecule has 0 saturated carbocycles. The summed E-state index contributed by atoms with van der Waals surface area (Å²) >= 11 is 1.99. The van der Waals surface area contributed by atoms with Crippen LogP contribution in [-0.2, 0) is 19.1 Å². The van der Waals surface area contributed by atoms with E-state index >= 15 is 0 Å². The van der Waals surface area contributed by atoms with E-state index in [0.29, 0.717) is 4.24 Å². The van der Waals surface area contributed by atoms with Crippen molar-refractivity contribution in [2.45, 2.75) is 18.4 Å². The van der Waals surface area contributed by atoms with Crippen LogP contribution in [0.4, 0.5) is 0 Å². The number of carbonyl (C=O) groups is 3. The number of Topliss-reactive ketones (excluding diaryl/α,β-unsaturated/α-hetero) is 1. The van der Waals surface area contributed by atoms with Gasteiger partial charge >= 0.3 is 11.9 Å². The highest BCUT2D eigenvalue weighted by Crippen LogP contribution is 2.52. The highest BCUT2D eigenvalue weighted by Gasteiger charge is 2.37. The number of carbonyl (C=O) groups excluding carboxylic acids is 2. The van der Waals surface area contributed by atoms with Gasteiger partial charge in [-0.15, -0.1) is 0 Å². The van der Waals surface area contributed by atoms with Gasteiger partial charge < -0.3 is 9.84 Å². The van der Waals surface area contributed by atoms with Crippen LogP contribution in [0.2, 0.25) is 0 Å². The second-order valence-electron chi connectivity index (χ2n) is 2.84. The summed E-state index contributed by atoms with van der Waals surface area (Å²) in [6.45, 7) is 3.08. The van der Waals surface area contributed by atoms with Crippen molar-refractivity contribution >= 4 is 41.2 Å². The normalized spacial score (nSPS) is 18.6. The smallest absolute Gasteiger partial charge is 0.343 e. The maximum absolute atomic E-state index is 11.4. The largest absolute Gasteiger partial charge is 0.480 e. The highest BCUT2D eigenvalue weighted by atomic mass is 32.3. The molecular weight excluding hydrogens is 252 g/mol. The standard InChI is InChI=1S/C9H10O5S2/c1-3-14-7(13)5(4(2)10)8-15-9(16-8)6(11)12/h9H,3H2,1-2H3,(H,11,12). The van der Waals surface area contributed by atoms with Crippen LogP contribution in [0.15, 0.2) is 9.81 Å². The van der Waals surface area contributed by atoms with Crippen molar-refractivity contribution in [1.82, 2.24) is 0 Å². The lowest BCUT2D eigenvalue weighted by atomic mass is 10.2. The van der Waals surface area contributed by atoms with Crippen molar-refractivity contribution in [3.05, 3.63) is 9.81 Å². The van der Waals surface area contributed by atoms with Crippen molar-refractivity contribution in [3.8, 4) is 0 Å². The summed E-state index contributed by atoms with van der Waals surface area (Å²) in [5.41, 5.74) is -0.0469. The Morgan fingerprint density at radius 2 is 1.94 bits per heavy atom. The third kappa shape index (κ3) is 2.79. The molecule has 1 rings (SSSR count). The van der Waals surface area contributed by atoms with E-state index < -0.39 is 22.3 Å². The minimum atomic E-state index is -0.967. The molecule has 1 fully saturated rings. The van der Waals surface area contributed by atoms with Crippen LogP contribution >= 0.6 is 23.5 Å². The van der Waals surface area contributed by atoms with E-state index in [-0.39, 0.29) is 12.2 Å². The van der Waals surface area contributed by atoms with E-state index in [2.05, 4.69) is 0 Å². The van der Waals surface area contributed by atoms with Crippen LogP contribution in [0, 0.1) is 0 Å². The number of esters is 1. The van der Waals surface area contributed by atoms with Gasteiger partial charge in [0.2, 0.25) is 0 Å². The number of ketones is 1. The topological polar surface area (TPSA) is 80.7 Å². The first-order chi connectivity index (χ1) is 7.47. The Hall–Kier alpha value is -0.950. The summed E-state index contributed by atoms with van der Waals surface area (Å²) in [6, 6.07) is 0. The van der Waals surface area contributed by atoms with E-state index in [9.17, 15) is 14.4 Å². The molecule has 0 aromatic heterocycles.